The van der Waals surface area contributed by atoms with Crippen LogP contribution in [-0.2, 0) is 14.4 Å². The fraction of sp³-hybridized carbons (Fsp3) is 0.143. The first-order valence-electron chi connectivity index (χ1n) is 3.61. The van der Waals surface area contributed by atoms with Gasteiger partial charge in [-0.2, -0.15) is 8.42 Å². The zero-order valence-electron chi connectivity index (χ0n) is 7.45. The summed E-state index contributed by atoms with van der Waals surface area (Å²) in [6.07, 6.45) is 0.566. The molecule has 0 aliphatic rings. The molecule has 0 aromatic heterocycles. The van der Waals surface area contributed by atoms with Crippen LogP contribution in [0.1, 0.15) is 0 Å². The summed E-state index contributed by atoms with van der Waals surface area (Å²) < 4.78 is 63.1. The Morgan fingerprint density at radius 2 is 1.93 bits per heavy atom. The molecule has 0 N–H and O–H groups in total. The molecule has 8 heteroatoms. The summed E-state index contributed by atoms with van der Waals surface area (Å²) in [5.74, 6) is -2.85. The molecule has 0 spiro atoms. The van der Waals surface area contributed by atoms with E-state index in [9.17, 15) is 21.7 Å². The Labute approximate surface area is 83.9 Å². The average Bonchev–Trinajstić information content (AvgIpc) is 2.06. The smallest absolute Gasteiger partial charge is 0.204 e. The van der Waals surface area contributed by atoms with E-state index in [0.29, 0.717) is 6.26 Å². The van der Waals surface area contributed by atoms with Crippen LogP contribution in [0.3, 0.4) is 0 Å². The molecule has 15 heavy (non-hydrogen) atoms. The van der Waals surface area contributed by atoms with Crippen molar-refractivity contribution in [1.82, 2.24) is 0 Å². The molecule has 0 saturated heterocycles. The van der Waals surface area contributed by atoms with Gasteiger partial charge in [0.05, 0.1) is 6.26 Å². The van der Waals surface area contributed by atoms with E-state index in [1.54, 1.807) is 0 Å². The Kier molecular flexibility index (Phi) is 3.20. The van der Waals surface area contributed by atoms with Crippen molar-refractivity contribution >= 4 is 15.8 Å². The predicted molar refractivity (Wildman–Crippen MR) is 45.9 cm³/mol. The summed E-state index contributed by atoms with van der Waals surface area (Å²) in [6.45, 7) is 0. The van der Waals surface area contributed by atoms with Crippen molar-refractivity contribution in [2.24, 2.45) is 0 Å². The highest BCUT2D eigenvalue weighted by Crippen LogP contribution is 2.22. The molecule has 1 rings (SSSR count). The monoisotopic (exact) mass is 241 g/mol. The first kappa shape index (κ1) is 11.8. The molecule has 0 saturated carbocycles. The second kappa shape index (κ2) is 4.07. The number of rotatable bonds is 3. The summed E-state index contributed by atoms with van der Waals surface area (Å²) >= 11 is 0. The minimum atomic E-state index is -4.14. The maximum absolute atomic E-state index is 12.9. The first-order chi connectivity index (χ1) is 6.81. The molecule has 1 aromatic rings. The Balaban J connectivity index is 3.02. The number of anilines is 1. The number of benzene rings is 1. The molecule has 0 atom stereocenters. The summed E-state index contributed by atoms with van der Waals surface area (Å²) in [4.78, 5) is 0. The lowest BCUT2D eigenvalue weighted by Crippen LogP contribution is -2.19. The Hall–Kier alpha value is -1.28. The predicted octanol–water partition coefficient (Wildman–Crippen LogP) is 1.55. The van der Waals surface area contributed by atoms with Crippen LogP contribution in [-0.4, -0.2) is 14.7 Å². The lowest BCUT2D eigenvalue weighted by molar-refractivity contribution is 0.146. The van der Waals surface area contributed by atoms with Gasteiger partial charge in [0, 0.05) is 0 Å². The summed E-state index contributed by atoms with van der Waals surface area (Å²) in [5, 5.41) is -0.853. The normalized spacial score (nSPS) is 11.5. The lowest BCUT2D eigenvalue weighted by Gasteiger charge is -2.11. The summed E-state index contributed by atoms with van der Waals surface area (Å²) in [6, 6.07) is 2.59. The SMILES string of the molecule is CS(=O)(=O)ON(F)c1cccc(F)c1F. The van der Waals surface area contributed by atoms with Gasteiger partial charge in [-0.15, -0.1) is 4.28 Å². The van der Waals surface area contributed by atoms with Crippen LogP contribution in [0.15, 0.2) is 18.2 Å². The van der Waals surface area contributed by atoms with Gasteiger partial charge in [-0.25, -0.2) is 8.78 Å². The molecule has 0 aliphatic carbocycles. The van der Waals surface area contributed by atoms with Crippen LogP contribution in [0.5, 0.6) is 0 Å². The van der Waals surface area contributed by atoms with Gasteiger partial charge in [0.1, 0.15) is 5.69 Å². The van der Waals surface area contributed by atoms with Crippen molar-refractivity contribution in [2.45, 2.75) is 0 Å². The highest BCUT2D eigenvalue weighted by atomic mass is 32.2. The fourth-order valence-electron chi connectivity index (χ4n) is 0.787. The van der Waals surface area contributed by atoms with Gasteiger partial charge in [0.15, 0.2) is 11.6 Å². The molecule has 0 aliphatic heterocycles. The zero-order valence-corrected chi connectivity index (χ0v) is 8.26. The van der Waals surface area contributed by atoms with E-state index in [-0.39, 0.29) is 0 Å². The van der Waals surface area contributed by atoms with Gasteiger partial charge < -0.3 is 0 Å². The third kappa shape index (κ3) is 3.10. The molecular weight excluding hydrogens is 235 g/mol. The Bertz CT molecular complexity index is 463. The van der Waals surface area contributed by atoms with E-state index < -0.39 is 32.7 Å². The molecular formula is C7H6F3NO3S. The number of halogens is 3. The van der Waals surface area contributed by atoms with Crippen LogP contribution < -0.4 is 5.29 Å². The minimum Gasteiger partial charge on any atom is -0.204 e. The molecule has 4 nitrogen and oxygen atoms in total. The van der Waals surface area contributed by atoms with E-state index in [1.807, 2.05) is 0 Å². The molecule has 0 bridgehead atoms. The quantitative estimate of drug-likeness (QED) is 0.595. The summed E-state index contributed by atoms with van der Waals surface area (Å²) in [5.41, 5.74) is -0.958. The number of nitrogens with zero attached hydrogens (tertiary/aromatic N) is 1. The van der Waals surface area contributed by atoms with Crippen molar-refractivity contribution in [3.8, 4) is 0 Å². The number of hydrogen-bond donors (Lipinski definition) is 0. The molecule has 0 fully saturated rings. The van der Waals surface area contributed by atoms with Crippen LogP contribution in [0.2, 0.25) is 0 Å². The zero-order chi connectivity index (χ0) is 11.6. The Morgan fingerprint density at radius 1 is 1.33 bits per heavy atom. The van der Waals surface area contributed by atoms with Crippen LogP contribution >= 0.6 is 0 Å². The van der Waals surface area contributed by atoms with E-state index in [0.717, 1.165) is 18.2 Å². The maximum Gasteiger partial charge on any atom is 0.287 e. The number of hydrogen-bond acceptors (Lipinski definition) is 4. The van der Waals surface area contributed by atoms with Crippen molar-refractivity contribution in [3.63, 3.8) is 0 Å². The first-order valence-corrected chi connectivity index (χ1v) is 5.42. The third-order valence-corrected chi connectivity index (χ3v) is 1.72. The second-order valence-corrected chi connectivity index (χ2v) is 4.15. The molecule has 84 valence electrons. The minimum absolute atomic E-state index is 0.566. The van der Waals surface area contributed by atoms with E-state index >= 15 is 0 Å². The van der Waals surface area contributed by atoms with E-state index in [2.05, 4.69) is 4.28 Å². The average molecular weight is 241 g/mol. The molecule has 0 unspecified atom stereocenters. The van der Waals surface area contributed by atoms with Gasteiger partial charge in [-0.05, 0) is 12.1 Å². The van der Waals surface area contributed by atoms with Gasteiger partial charge in [-0.1, -0.05) is 15.8 Å². The van der Waals surface area contributed by atoms with Crippen LogP contribution in [0.4, 0.5) is 18.9 Å². The maximum atomic E-state index is 12.9. The fourth-order valence-corrected chi connectivity index (χ4v) is 1.11. The standard InChI is InChI=1S/C7H6F3NO3S/c1-15(12,13)14-11(10)6-4-2-3-5(8)7(6)9/h2-4H,1H3. The van der Waals surface area contributed by atoms with Gasteiger partial charge in [0.2, 0.25) is 0 Å². The lowest BCUT2D eigenvalue weighted by atomic mass is 10.3. The second-order valence-electron chi connectivity index (χ2n) is 2.60. The highest BCUT2D eigenvalue weighted by molar-refractivity contribution is 7.86. The van der Waals surface area contributed by atoms with Crippen LogP contribution in [0, 0.1) is 11.6 Å². The molecule has 0 radical (unpaired) electrons. The molecule has 1 aromatic carbocycles. The largest absolute Gasteiger partial charge is 0.287 e. The molecule has 0 heterocycles. The van der Waals surface area contributed by atoms with Gasteiger partial charge in [0.25, 0.3) is 10.1 Å². The topological polar surface area (TPSA) is 46.6 Å². The van der Waals surface area contributed by atoms with E-state index in [4.69, 9.17) is 0 Å². The molecule has 0 amide bonds. The van der Waals surface area contributed by atoms with Crippen molar-refractivity contribution in [1.29, 1.82) is 0 Å². The summed E-state index contributed by atoms with van der Waals surface area (Å²) in [7, 11) is -4.14. The van der Waals surface area contributed by atoms with Gasteiger partial charge >= 0.3 is 0 Å². The van der Waals surface area contributed by atoms with Crippen molar-refractivity contribution in [3.05, 3.63) is 29.8 Å². The van der Waals surface area contributed by atoms with Crippen molar-refractivity contribution in [2.75, 3.05) is 11.5 Å². The van der Waals surface area contributed by atoms with Crippen LogP contribution in [0.25, 0.3) is 0 Å². The van der Waals surface area contributed by atoms with Gasteiger partial charge in [-0.3, -0.25) is 0 Å². The third-order valence-electron chi connectivity index (χ3n) is 1.32. The highest BCUT2D eigenvalue weighted by Gasteiger charge is 2.19. The van der Waals surface area contributed by atoms with Crippen molar-refractivity contribution < 1.29 is 26.0 Å². The Morgan fingerprint density at radius 3 is 2.47 bits per heavy atom. The van der Waals surface area contributed by atoms with E-state index in [1.165, 1.54) is 0 Å².